The standard InChI is InChI=1S/C21H20F3N5O2/c1-8(2)29-18-10(7-26-21(25)28-18)5-13(20(29)31)12-6-14(22)17(16(24)15(12)23)27-19(30)11-4-9(11)3/h5-9,11H,4H2,1-3H3,(H,27,30)(H2,25,26,28)/t9-,11+/m0/s1. The van der Waals surface area contributed by atoms with Crippen LogP contribution in [-0.2, 0) is 4.79 Å². The second-order valence-electron chi connectivity index (χ2n) is 8.05. The fraction of sp³-hybridized carbons (Fsp3) is 0.333. The highest BCUT2D eigenvalue weighted by Gasteiger charge is 2.40. The second kappa shape index (κ2) is 7.36. The molecular formula is C21H20F3N5O2. The summed E-state index contributed by atoms with van der Waals surface area (Å²) in [6, 6.07) is 1.56. The van der Waals surface area contributed by atoms with Crippen LogP contribution in [0.2, 0.25) is 0 Å². The molecule has 0 radical (unpaired) electrons. The van der Waals surface area contributed by atoms with Gasteiger partial charge in [0.25, 0.3) is 5.56 Å². The van der Waals surface area contributed by atoms with Crippen LogP contribution in [0.15, 0.2) is 23.1 Å². The predicted molar refractivity (Wildman–Crippen MR) is 110 cm³/mol. The molecule has 0 unspecified atom stereocenters. The zero-order valence-corrected chi connectivity index (χ0v) is 17.0. The molecule has 31 heavy (non-hydrogen) atoms. The summed E-state index contributed by atoms with van der Waals surface area (Å²) < 4.78 is 45.6. The van der Waals surface area contributed by atoms with E-state index in [-0.39, 0.29) is 29.0 Å². The van der Waals surface area contributed by atoms with Crippen molar-refractivity contribution in [2.24, 2.45) is 11.8 Å². The number of nitrogens with one attached hydrogen (secondary N) is 1. The molecule has 1 saturated carbocycles. The van der Waals surface area contributed by atoms with Crippen molar-refractivity contribution >= 4 is 28.6 Å². The largest absolute Gasteiger partial charge is 0.368 e. The SMILES string of the molecule is CC(C)n1c(=O)c(-c2cc(F)c(NC(=O)[C@@H]3C[C@@H]3C)c(F)c2F)cc2cnc(N)nc21. The Bertz CT molecular complexity index is 1290. The summed E-state index contributed by atoms with van der Waals surface area (Å²) in [5, 5.41) is 2.47. The Kier molecular flexibility index (Phi) is 4.95. The Balaban J connectivity index is 1.88. The molecule has 2 heterocycles. The van der Waals surface area contributed by atoms with E-state index in [0.29, 0.717) is 17.9 Å². The second-order valence-corrected chi connectivity index (χ2v) is 8.05. The Morgan fingerprint density at radius 1 is 1.23 bits per heavy atom. The Morgan fingerprint density at radius 3 is 2.52 bits per heavy atom. The maximum atomic E-state index is 15.0. The maximum absolute atomic E-state index is 15.0. The lowest BCUT2D eigenvalue weighted by atomic mass is 10.0. The molecule has 0 saturated heterocycles. The summed E-state index contributed by atoms with van der Waals surface area (Å²) in [4.78, 5) is 33.1. The van der Waals surface area contributed by atoms with Crippen LogP contribution in [0.1, 0.15) is 33.2 Å². The average Bonchev–Trinajstić information content (AvgIpc) is 3.44. The highest BCUT2D eigenvalue weighted by Crippen LogP contribution is 2.39. The van der Waals surface area contributed by atoms with Crippen molar-refractivity contribution in [1.82, 2.24) is 14.5 Å². The van der Waals surface area contributed by atoms with Crippen LogP contribution in [0, 0.1) is 29.3 Å². The topological polar surface area (TPSA) is 103 Å². The number of nitrogen functional groups attached to an aromatic ring is 1. The van der Waals surface area contributed by atoms with Crippen molar-refractivity contribution in [1.29, 1.82) is 0 Å². The van der Waals surface area contributed by atoms with Crippen LogP contribution in [0.3, 0.4) is 0 Å². The van der Waals surface area contributed by atoms with Gasteiger partial charge in [-0.3, -0.25) is 14.2 Å². The summed E-state index contributed by atoms with van der Waals surface area (Å²) >= 11 is 0. The van der Waals surface area contributed by atoms with E-state index in [9.17, 15) is 22.8 Å². The molecular weight excluding hydrogens is 411 g/mol. The van der Waals surface area contributed by atoms with Gasteiger partial charge in [0.2, 0.25) is 11.9 Å². The van der Waals surface area contributed by atoms with Gasteiger partial charge < -0.3 is 11.1 Å². The number of hydrogen-bond acceptors (Lipinski definition) is 5. The average molecular weight is 431 g/mol. The number of hydrogen-bond donors (Lipinski definition) is 2. The number of nitrogens with two attached hydrogens (primary N) is 1. The summed E-state index contributed by atoms with van der Waals surface area (Å²) in [5.41, 5.74) is 3.45. The molecule has 10 heteroatoms. The minimum Gasteiger partial charge on any atom is -0.368 e. The van der Waals surface area contributed by atoms with Gasteiger partial charge in [-0.25, -0.2) is 18.2 Å². The summed E-state index contributed by atoms with van der Waals surface area (Å²) in [7, 11) is 0. The van der Waals surface area contributed by atoms with Gasteiger partial charge in [0.05, 0.1) is 5.56 Å². The van der Waals surface area contributed by atoms with E-state index in [4.69, 9.17) is 5.73 Å². The fourth-order valence-corrected chi connectivity index (χ4v) is 3.61. The van der Waals surface area contributed by atoms with Gasteiger partial charge in [0.1, 0.15) is 11.3 Å². The number of carbonyl (C=O) groups excluding carboxylic acids is 1. The first-order valence-electron chi connectivity index (χ1n) is 9.76. The predicted octanol–water partition coefficient (Wildman–Crippen LogP) is 3.63. The van der Waals surface area contributed by atoms with E-state index in [2.05, 4.69) is 15.3 Å². The van der Waals surface area contributed by atoms with Crippen LogP contribution < -0.4 is 16.6 Å². The van der Waals surface area contributed by atoms with Crippen molar-refractivity contribution in [2.45, 2.75) is 33.2 Å². The van der Waals surface area contributed by atoms with E-state index in [0.717, 1.165) is 0 Å². The molecule has 1 aliphatic carbocycles. The van der Waals surface area contributed by atoms with Crippen LogP contribution >= 0.6 is 0 Å². The number of pyridine rings is 1. The molecule has 0 aliphatic heterocycles. The normalized spacial score (nSPS) is 17.9. The Hall–Kier alpha value is -3.43. The monoisotopic (exact) mass is 431 g/mol. The number of carbonyl (C=O) groups is 1. The molecule has 1 amide bonds. The molecule has 162 valence electrons. The zero-order chi connectivity index (χ0) is 22.6. The van der Waals surface area contributed by atoms with Crippen LogP contribution in [0.4, 0.5) is 24.8 Å². The van der Waals surface area contributed by atoms with Gasteiger partial charge in [0, 0.05) is 29.1 Å². The minimum absolute atomic E-state index is 0.0533. The van der Waals surface area contributed by atoms with E-state index in [1.807, 2.05) is 6.92 Å². The molecule has 3 aromatic rings. The third-order valence-electron chi connectivity index (χ3n) is 5.45. The third kappa shape index (κ3) is 3.51. The first kappa shape index (κ1) is 20.8. The number of halogens is 3. The molecule has 4 rings (SSSR count). The lowest BCUT2D eigenvalue weighted by molar-refractivity contribution is -0.117. The van der Waals surface area contributed by atoms with Gasteiger partial charge in [-0.15, -0.1) is 0 Å². The highest BCUT2D eigenvalue weighted by molar-refractivity contribution is 5.95. The van der Waals surface area contributed by atoms with Gasteiger partial charge in [-0.2, -0.15) is 4.98 Å². The Morgan fingerprint density at radius 2 is 1.90 bits per heavy atom. The van der Waals surface area contributed by atoms with Gasteiger partial charge >= 0.3 is 0 Å². The number of benzene rings is 1. The zero-order valence-electron chi connectivity index (χ0n) is 17.0. The van der Waals surface area contributed by atoms with Gasteiger partial charge in [0.15, 0.2) is 17.5 Å². The number of amides is 1. The highest BCUT2D eigenvalue weighted by atomic mass is 19.2. The number of aromatic nitrogens is 3. The maximum Gasteiger partial charge on any atom is 0.260 e. The number of rotatable bonds is 4. The molecule has 1 aromatic carbocycles. The van der Waals surface area contributed by atoms with Crippen molar-refractivity contribution in [3.8, 4) is 11.1 Å². The first-order chi connectivity index (χ1) is 14.6. The minimum atomic E-state index is -1.57. The summed E-state index contributed by atoms with van der Waals surface area (Å²) in [6.45, 7) is 5.24. The van der Waals surface area contributed by atoms with Crippen molar-refractivity contribution < 1.29 is 18.0 Å². The van der Waals surface area contributed by atoms with E-state index >= 15 is 0 Å². The van der Waals surface area contributed by atoms with E-state index < -0.39 is 46.2 Å². The lowest BCUT2D eigenvalue weighted by Gasteiger charge is -2.16. The molecule has 2 aromatic heterocycles. The van der Waals surface area contributed by atoms with Crippen LogP contribution in [-0.4, -0.2) is 20.4 Å². The van der Waals surface area contributed by atoms with Crippen LogP contribution in [0.5, 0.6) is 0 Å². The Labute approximate surface area is 175 Å². The van der Waals surface area contributed by atoms with Gasteiger partial charge in [-0.1, -0.05) is 6.92 Å². The van der Waals surface area contributed by atoms with E-state index in [1.165, 1.54) is 16.8 Å². The van der Waals surface area contributed by atoms with Crippen molar-refractivity contribution in [3.05, 3.63) is 46.1 Å². The molecule has 2 atom stereocenters. The number of anilines is 2. The molecule has 1 fully saturated rings. The van der Waals surface area contributed by atoms with Gasteiger partial charge in [-0.05, 0) is 38.3 Å². The molecule has 3 N–H and O–H groups in total. The molecule has 0 bridgehead atoms. The molecule has 0 spiro atoms. The third-order valence-corrected chi connectivity index (χ3v) is 5.45. The smallest absolute Gasteiger partial charge is 0.260 e. The number of fused-ring (bicyclic) bond motifs is 1. The molecule has 7 nitrogen and oxygen atoms in total. The van der Waals surface area contributed by atoms with Crippen LogP contribution in [0.25, 0.3) is 22.2 Å². The number of nitrogens with zero attached hydrogens (tertiary/aromatic N) is 3. The molecule has 1 aliphatic rings. The lowest BCUT2D eigenvalue weighted by Crippen LogP contribution is -2.25. The summed E-state index contributed by atoms with van der Waals surface area (Å²) in [5.74, 6) is -5.06. The van der Waals surface area contributed by atoms with Crippen molar-refractivity contribution in [2.75, 3.05) is 11.1 Å². The first-order valence-corrected chi connectivity index (χ1v) is 9.76. The fourth-order valence-electron chi connectivity index (χ4n) is 3.61. The van der Waals surface area contributed by atoms with E-state index in [1.54, 1.807) is 13.8 Å². The summed E-state index contributed by atoms with van der Waals surface area (Å²) in [6.07, 6.45) is 1.95. The quantitative estimate of drug-likeness (QED) is 0.614. The van der Waals surface area contributed by atoms with Crippen molar-refractivity contribution in [3.63, 3.8) is 0 Å².